The van der Waals surface area contributed by atoms with Crippen molar-refractivity contribution in [1.82, 2.24) is 9.80 Å². The Morgan fingerprint density at radius 3 is 2.54 bits per heavy atom. The van der Waals surface area contributed by atoms with Crippen molar-refractivity contribution in [3.05, 3.63) is 35.4 Å². The van der Waals surface area contributed by atoms with Crippen LogP contribution in [0.3, 0.4) is 0 Å². The van der Waals surface area contributed by atoms with Gasteiger partial charge in [0.05, 0.1) is 5.56 Å². The number of hydrogen-bond acceptors (Lipinski definition) is 3. The van der Waals surface area contributed by atoms with E-state index in [1.165, 1.54) is 12.1 Å². The zero-order valence-electron chi connectivity index (χ0n) is 14.8. The van der Waals surface area contributed by atoms with Gasteiger partial charge in [0.15, 0.2) is 0 Å². The Kier molecular flexibility index (Phi) is 5.87. The summed E-state index contributed by atoms with van der Waals surface area (Å²) in [6.45, 7) is 3.09. The predicted octanol–water partition coefficient (Wildman–Crippen LogP) is 2.87. The van der Waals surface area contributed by atoms with Gasteiger partial charge in [0.25, 0.3) is 0 Å². The number of halogens is 3. The highest BCUT2D eigenvalue weighted by atomic mass is 19.4. The molecule has 144 valence electrons. The van der Waals surface area contributed by atoms with Gasteiger partial charge in [-0.05, 0) is 30.9 Å². The monoisotopic (exact) mass is 369 g/mol. The Labute approximate surface area is 152 Å². The summed E-state index contributed by atoms with van der Waals surface area (Å²) >= 11 is 0. The van der Waals surface area contributed by atoms with Gasteiger partial charge >= 0.3 is 6.18 Å². The Morgan fingerprint density at radius 2 is 1.88 bits per heavy atom. The van der Waals surface area contributed by atoms with Crippen LogP contribution in [0.5, 0.6) is 0 Å². The molecule has 1 amide bonds. The maximum absolute atomic E-state index is 12.8. The molecule has 26 heavy (non-hydrogen) atoms. The van der Waals surface area contributed by atoms with Gasteiger partial charge in [-0.3, -0.25) is 9.69 Å². The zero-order valence-corrected chi connectivity index (χ0v) is 14.8. The number of alkyl halides is 3. The first-order chi connectivity index (χ1) is 12.3. The summed E-state index contributed by atoms with van der Waals surface area (Å²) in [6.07, 6.45) is -0.635. The fourth-order valence-corrected chi connectivity index (χ4v) is 3.94. The van der Waals surface area contributed by atoms with Gasteiger partial charge in [-0.15, -0.1) is 0 Å². The SMILES string of the molecule is NC1CCCC(C(=O)N2CCN(Cc3cccc(C(F)(F)F)c3)CC2)C1. The lowest BCUT2D eigenvalue weighted by molar-refractivity contribution is -0.139. The second kappa shape index (κ2) is 7.96. The quantitative estimate of drug-likeness (QED) is 0.891. The van der Waals surface area contributed by atoms with Gasteiger partial charge in [-0.25, -0.2) is 0 Å². The molecule has 1 aromatic carbocycles. The molecule has 4 nitrogen and oxygen atoms in total. The Bertz CT molecular complexity index is 627. The summed E-state index contributed by atoms with van der Waals surface area (Å²) in [5, 5.41) is 0. The predicted molar refractivity (Wildman–Crippen MR) is 93.2 cm³/mol. The van der Waals surface area contributed by atoms with Crippen molar-refractivity contribution in [2.45, 2.75) is 44.4 Å². The molecule has 2 unspecified atom stereocenters. The third-order valence-electron chi connectivity index (χ3n) is 5.41. The molecule has 1 heterocycles. The molecule has 2 atom stereocenters. The number of nitrogens with two attached hydrogens (primary N) is 1. The van der Waals surface area contributed by atoms with Crippen LogP contribution >= 0.6 is 0 Å². The highest BCUT2D eigenvalue weighted by Crippen LogP contribution is 2.30. The molecular weight excluding hydrogens is 343 g/mol. The van der Waals surface area contributed by atoms with Gasteiger partial charge in [-0.1, -0.05) is 24.6 Å². The van der Waals surface area contributed by atoms with Crippen molar-refractivity contribution in [2.24, 2.45) is 11.7 Å². The van der Waals surface area contributed by atoms with Crippen molar-refractivity contribution in [3.63, 3.8) is 0 Å². The number of hydrogen-bond donors (Lipinski definition) is 1. The van der Waals surface area contributed by atoms with Crippen molar-refractivity contribution in [1.29, 1.82) is 0 Å². The highest BCUT2D eigenvalue weighted by Gasteiger charge is 2.32. The van der Waals surface area contributed by atoms with Crippen LogP contribution < -0.4 is 5.73 Å². The van der Waals surface area contributed by atoms with Crippen LogP contribution in [0, 0.1) is 5.92 Å². The second-order valence-corrected chi connectivity index (χ2v) is 7.42. The summed E-state index contributed by atoms with van der Waals surface area (Å²) in [6, 6.07) is 5.59. The van der Waals surface area contributed by atoms with E-state index in [4.69, 9.17) is 5.73 Å². The normalized spacial score (nSPS) is 25.3. The number of carbonyl (C=O) groups excluding carboxylic acids is 1. The van der Waals surface area contributed by atoms with Crippen LogP contribution in [-0.4, -0.2) is 47.9 Å². The summed E-state index contributed by atoms with van der Waals surface area (Å²) in [4.78, 5) is 16.6. The molecule has 7 heteroatoms. The van der Waals surface area contributed by atoms with Crippen LogP contribution in [0.2, 0.25) is 0 Å². The van der Waals surface area contributed by atoms with Crippen LogP contribution in [0.25, 0.3) is 0 Å². The summed E-state index contributed by atoms with van der Waals surface area (Å²) in [5.41, 5.74) is 6.02. The Balaban J connectivity index is 1.52. The Hall–Kier alpha value is -1.60. The van der Waals surface area contributed by atoms with E-state index in [0.29, 0.717) is 38.3 Å². The standard InChI is InChI=1S/C19H26F3N3O/c20-19(21,22)16-5-1-3-14(11-16)13-24-7-9-25(10-8-24)18(26)15-4-2-6-17(23)12-15/h1,3,5,11,15,17H,2,4,6-10,12-13,23H2. The highest BCUT2D eigenvalue weighted by molar-refractivity contribution is 5.79. The smallest absolute Gasteiger partial charge is 0.340 e. The van der Waals surface area contributed by atoms with E-state index in [2.05, 4.69) is 4.90 Å². The van der Waals surface area contributed by atoms with Crippen LogP contribution in [0.15, 0.2) is 24.3 Å². The fourth-order valence-electron chi connectivity index (χ4n) is 3.94. The van der Waals surface area contributed by atoms with Crippen molar-refractivity contribution in [3.8, 4) is 0 Å². The molecule has 0 spiro atoms. The van der Waals surface area contributed by atoms with E-state index < -0.39 is 11.7 Å². The molecule has 2 N–H and O–H groups in total. The van der Waals surface area contributed by atoms with Gasteiger partial charge in [0.2, 0.25) is 5.91 Å². The van der Waals surface area contributed by atoms with Crippen molar-refractivity contribution >= 4 is 5.91 Å². The van der Waals surface area contributed by atoms with Crippen LogP contribution in [-0.2, 0) is 17.5 Å². The minimum atomic E-state index is -4.32. The molecular formula is C19H26F3N3O. The van der Waals surface area contributed by atoms with E-state index >= 15 is 0 Å². The molecule has 0 radical (unpaired) electrons. The lowest BCUT2D eigenvalue weighted by Crippen LogP contribution is -2.50. The number of amides is 1. The average molecular weight is 369 g/mol. The maximum atomic E-state index is 12.8. The lowest BCUT2D eigenvalue weighted by Gasteiger charge is -2.37. The third-order valence-corrected chi connectivity index (χ3v) is 5.41. The van der Waals surface area contributed by atoms with Gasteiger partial charge in [-0.2, -0.15) is 13.2 Å². The molecule has 1 aliphatic carbocycles. The number of piperazine rings is 1. The van der Waals surface area contributed by atoms with E-state index in [9.17, 15) is 18.0 Å². The van der Waals surface area contributed by atoms with E-state index in [1.807, 2.05) is 4.90 Å². The molecule has 0 bridgehead atoms. The van der Waals surface area contributed by atoms with Gasteiger partial charge in [0, 0.05) is 44.7 Å². The fraction of sp³-hybridized carbons (Fsp3) is 0.632. The maximum Gasteiger partial charge on any atom is 0.416 e. The molecule has 2 aliphatic rings. The molecule has 3 rings (SSSR count). The van der Waals surface area contributed by atoms with E-state index in [0.717, 1.165) is 31.7 Å². The molecule has 1 saturated heterocycles. The largest absolute Gasteiger partial charge is 0.416 e. The topological polar surface area (TPSA) is 49.6 Å². The zero-order chi connectivity index (χ0) is 18.7. The van der Waals surface area contributed by atoms with E-state index in [1.54, 1.807) is 6.07 Å². The molecule has 1 aliphatic heterocycles. The third kappa shape index (κ3) is 4.76. The van der Waals surface area contributed by atoms with Crippen molar-refractivity contribution < 1.29 is 18.0 Å². The summed E-state index contributed by atoms with van der Waals surface area (Å²) < 4.78 is 38.5. The first kappa shape index (κ1) is 19.2. The first-order valence-electron chi connectivity index (χ1n) is 9.26. The summed E-state index contributed by atoms with van der Waals surface area (Å²) in [7, 11) is 0. The van der Waals surface area contributed by atoms with E-state index in [-0.39, 0.29) is 17.9 Å². The van der Waals surface area contributed by atoms with Crippen LogP contribution in [0.1, 0.15) is 36.8 Å². The molecule has 1 saturated carbocycles. The first-order valence-corrected chi connectivity index (χ1v) is 9.26. The van der Waals surface area contributed by atoms with Crippen LogP contribution in [0.4, 0.5) is 13.2 Å². The number of carbonyl (C=O) groups is 1. The summed E-state index contributed by atoms with van der Waals surface area (Å²) in [5.74, 6) is 0.229. The molecule has 0 aromatic heterocycles. The molecule has 2 fully saturated rings. The molecule has 1 aromatic rings. The van der Waals surface area contributed by atoms with Crippen molar-refractivity contribution in [2.75, 3.05) is 26.2 Å². The number of rotatable bonds is 3. The van der Waals surface area contributed by atoms with Gasteiger partial charge in [0.1, 0.15) is 0 Å². The van der Waals surface area contributed by atoms with Gasteiger partial charge < -0.3 is 10.6 Å². The average Bonchev–Trinajstić information content (AvgIpc) is 2.61. The second-order valence-electron chi connectivity index (χ2n) is 7.42. The lowest BCUT2D eigenvalue weighted by atomic mass is 9.85. The minimum Gasteiger partial charge on any atom is -0.340 e. The number of benzene rings is 1. The number of nitrogens with zero attached hydrogens (tertiary/aromatic N) is 2. The Morgan fingerprint density at radius 1 is 1.15 bits per heavy atom. The minimum absolute atomic E-state index is 0.0359.